The number of anilines is 1. The standard InChI is InChI=1S/C22H18Cl2F2N4OS/c1-12-6-7-13(18(8-12)31-2)10-27-22-28-11-19(32-22)17-9-16(21(25)26)29-30(17)20-14(23)4-3-5-15(20)24/h3-9,11,21H,10H2,1-2H3,(H,27,28). The summed E-state index contributed by atoms with van der Waals surface area (Å²) in [6, 6.07) is 12.2. The molecule has 4 aromatic rings. The normalized spacial score (nSPS) is 11.2. The van der Waals surface area contributed by atoms with Crippen molar-refractivity contribution in [2.75, 3.05) is 12.4 Å². The number of nitrogens with one attached hydrogen (secondary N) is 1. The van der Waals surface area contributed by atoms with Gasteiger partial charge in [0.05, 0.1) is 27.7 Å². The van der Waals surface area contributed by atoms with Crippen molar-refractivity contribution in [1.29, 1.82) is 0 Å². The highest BCUT2D eigenvalue weighted by atomic mass is 35.5. The number of hydrogen-bond acceptors (Lipinski definition) is 5. The number of halogens is 4. The minimum Gasteiger partial charge on any atom is -0.496 e. The second-order valence-corrected chi connectivity index (χ2v) is 8.78. The van der Waals surface area contributed by atoms with Crippen LogP contribution in [0, 0.1) is 6.92 Å². The van der Waals surface area contributed by atoms with Crippen molar-refractivity contribution in [1.82, 2.24) is 14.8 Å². The number of ether oxygens (including phenoxy) is 1. The monoisotopic (exact) mass is 494 g/mol. The lowest BCUT2D eigenvalue weighted by Crippen LogP contribution is -2.01. The van der Waals surface area contributed by atoms with Gasteiger partial charge in [-0.15, -0.1) is 0 Å². The third-order valence-corrected chi connectivity index (χ3v) is 6.32. The van der Waals surface area contributed by atoms with Crippen molar-refractivity contribution in [2.45, 2.75) is 19.9 Å². The summed E-state index contributed by atoms with van der Waals surface area (Å²) in [7, 11) is 1.63. The Bertz CT molecular complexity index is 1240. The summed E-state index contributed by atoms with van der Waals surface area (Å²) in [5.41, 5.74) is 2.47. The molecule has 0 fully saturated rings. The van der Waals surface area contributed by atoms with Gasteiger partial charge < -0.3 is 10.1 Å². The molecule has 0 aliphatic rings. The van der Waals surface area contributed by atoms with Gasteiger partial charge in [0.1, 0.15) is 17.1 Å². The highest BCUT2D eigenvalue weighted by Crippen LogP contribution is 2.37. The summed E-state index contributed by atoms with van der Waals surface area (Å²) < 4.78 is 33.6. The number of nitrogens with zero attached hydrogens (tertiary/aromatic N) is 3. The van der Waals surface area contributed by atoms with E-state index in [4.69, 9.17) is 27.9 Å². The minimum absolute atomic E-state index is 0.303. The summed E-state index contributed by atoms with van der Waals surface area (Å²) in [6.07, 6.45) is -1.14. The van der Waals surface area contributed by atoms with Crippen LogP contribution in [-0.4, -0.2) is 21.9 Å². The fraction of sp³-hybridized carbons (Fsp3) is 0.182. The molecule has 4 rings (SSSR count). The SMILES string of the molecule is COc1cc(C)ccc1CNc1ncc(-c2cc(C(F)F)nn2-c2c(Cl)cccc2Cl)s1. The minimum atomic E-state index is -2.74. The fourth-order valence-corrected chi connectivity index (χ4v) is 4.56. The number of hydrogen-bond donors (Lipinski definition) is 1. The predicted molar refractivity (Wildman–Crippen MR) is 125 cm³/mol. The zero-order valence-corrected chi connectivity index (χ0v) is 19.4. The van der Waals surface area contributed by atoms with E-state index >= 15 is 0 Å². The molecule has 166 valence electrons. The number of methoxy groups -OCH3 is 1. The lowest BCUT2D eigenvalue weighted by Gasteiger charge is -2.10. The highest BCUT2D eigenvalue weighted by Gasteiger charge is 2.22. The maximum absolute atomic E-state index is 13.4. The van der Waals surface area contributed by atoms with Gasteiger partial charge in [0, 0.05) is 18.3 Å². The molecule has 0 unspecified atom stereocenters. The zero-order valence-electron chi connectivity index (χ0n) is 17.1. The van der Waals surface area contributed by atoms with E-state index in [-0.39, 0.29) is 5.69 Å². The topological polar surface area (TPSA) is 52.0 Å². The van der Waals surface area contributed by atoms with Crippen LogP contribution in [0.25, 0.3) is 16.3 Å². The van der Waals surface area contributed by atoms with E-state index < -0.39 is 6.43 Å². The van der Waals surface area contributed by atoms with Crippen LogP contribution in [0.2, 0.25) is 10.0 Å². The fourth-order valence-electron chi connectivity index (χ4n) is 3.19. The molecule has 0 saturated carbocycles. The molecular formula is C22H18Cl2F2N4OS. The molecule has 1 N–H and O–H groups in total. The van der Waals surface area contributed by atoms with Crippen LogP contribution in [0.5, 0.6) is 5.75 Å². The number of benzene rings is 2. The first-order valence-electron chi connectivity index (χ1n) is 9.53. The quantitative estimate of drug-likeness (QED) is 0.295. The summed E-state index contributed by atoms with van der Waals surface area (Å²) in [6.45, 7) is 2.49. The smallest absolute Gasteiger partial charge is 0.282 e. The molecule has 5 nitrogen and oxygen atoms in total. The van der Waals surface area contributed by atoms with Crippen LogP contribution < -0.4 is 10.1 Å². The van der Waals surface area contributed by atoms with Crippen molar-refractivity contribution < 1.29 is 13.5 Å². The van der Waals surface area contributed by atoms with Gasteiger partial charge in [0.25, 0.3) is 6.43 Å². The van der Waals surface area contributed by atoms with Gasteiger partial charge in [-0.25, -0.2) is 18.4 Å². The molecule has 2 heterocycles. The van der Waals surface area contributed by atoms with Gasteiger partial charge in [0.2, 0.25) is 0 Å². The second-order valence-electron chi connectivity index (χ2n) is 6.94. The molecule has 0 saturated heterocycles. The van der Waals surface area contributed by atoms with E-state index in [0.29, 0.717) is 38.0 Å². The largest absolute Gasteiger partial charge is 0.496 e. The number of rotatable bonds is 7. The van der Waals surface area contributed by atoms with E-state index in [0.717, 1.165) is 16.9 Å². The van der Waals surface area contributed by atoms with E-state index in [1.54, 1.807) is 31.5 Å². The lowest BCUT2D eigenvalue weighted by molar-refractivity contribution is 0.145. The van der Waals surface area contributed by atoms with Crippen LogP contribution >= 0.6 is 34.5 Å². The van der Waals surface area contributed by atoms with E-state index in [1.807, 2.05) is 25.1 Å². The van der Waals surface area contributed by atoms with Crippen LogP contribution in [0.1, 0.15) is 23.2 Å². The van der Waals surface area contributed by atoms with Crippen LogP contribution in [0.4, 0.5) is 13.9 Å². The zero-order chi connectivity index (χ0) is 22.8. The molecule has 0 bridgehead atoms. The van der Waals surface area contributed by atoms with E-state index in [2.05, 4.69) is 15.4 Å². The van der Waals surface area contributed by atoms with Crippen molar-refractivity contribution in [3.05, 3.63) is 75.5 Å². The van der Waals surface area contributed by atoms with Gasteiger partial charge >= 0.3 is 0 Å². The Morgan fingerprint density at radius 2 is 1.91 bits per heavy atom. The first-order chi connectivity index (χ1) is 15.4. The average Bonchev–Trinajstić information content (AvgIpc) is 3.40. The first kappa shape index (κ1) is 22.5. The van der Waals surface area contributed by atoms with Crippen LogP contribution in [0.3, 0.4) is 0 Å². The van der Waals surface area contributed by atoms with Crippen molar-refractivity contribution in [2.24, 2.45) is 0 Å². The van der Waals surface area contributed by atoms with Crippen LogP contribution in [0.15, 0.2) is 48.7 Å². The molecule has 10 heteroatoms. The average molecular weight is 495 g/mol. The van der Waals surface area contributed by atoms with Gasteiger partial charge in [-0.3, -0.25) is 0 Å². The van der Waals surface area contributed by atoms with Crippen molar-refractivity contribution >= 4 is 39.7 Å². The van der Waals surface area contributed by atoms with Crippen LogP contribution in [-0.2, 0) is 6.54 Å². The summed E-state index contributed by atoms with van der Waals surface area (Å²) in [5, 5.41) is 8.54. The Hall–Kier alpha value is -2.68. The van der Waals surface area contributed by atoms with Gasteiger partial charge in [-0.2, -0.15) is 5.10 Å². The summed E-state index contributed by atoms with van der Waals surface area (Å²) in [5.74, 6) is 0.780. The summed E-state index contributed by atoms with van der Waals surface area (Å²) in [4.78, 5) is 5.02. The third kappa shape index (κ3) is 4.57. The lowest BCUT2D eigenvalue weighted by atomic mass is 10.1. The third-order valence-electron chi connectivity index (χ3n) is 4.73. The maximum Gasteiger partial charge on any atom is 0.282 e. The Labute approximate surface area is 197 Å². The number of alkyl halides is 2. The Morgan fingerprint density at radius 1 is 1.16 bits per heavy atom. The Morgan fingerprint density at radius 3 is 2.59 bits per heavy atom. The Balaban J connectivity index is 1.66. The number of aromatic nitrogens is 3. The second kappa shape index (κ2) is 9.44. The molecule has 0 spiro atoms. The molecule has 0 radical (unpaired) electrons. The van der Waals surface area contributed by atoms with E-state index in [1.165, 1.54) is 22.1 Å². The molecule has 2 aromatic carbocycles. The number of thiazole rings is 1. The summed E-state index contributed by atoms with van der Waals surface area (Å²) >= 11 is 13.9. The molecular weight excluding hydrogens is 477 g/mol. The van der Waals surface area contributed by atoms with Gasteiger partial charge in [-0.05, 0) is 36.8 Å². The maximum atomic E-state index is 13.4. The molecule has 0 amide bonds. The highest BCUT2D eigenvalue weighted by molar-refractivity contribution is 7.18. The first-order valence-corrected chi connectivity index (χ1v) is 11.1. The molecule has 0 atom stereocenters. The molecule has 0 aliphatic heterocycles. The van der Waals surface area contributed by atoms with Gasteiger partial charge in [0.15, 0.2) is 5.13 Å². The predicted octanol–water partition coefficient (Wildman–Crippen LogP) is 7.17. The molecule has 0 aliphatic carbocycles. The molecule has 2 aromatic heterocycles. The molecule has 32 heavy (non-hydrogen) atoms. The number of aryl methyl sites for hydroxylation is 1. The van der Waals surface area contributed by atoms with Crippen molar-refractivity contribution in [3.63, 3.8) is 0 Å². The van der Waals surface area contributed by atoms with Gasteiger partial charge in [-0.1, -0.05) is 52.7 Å². The van der Waals surface area contributed by atoms with E-state index in [9.17, 15) is 8.78 Å². The number of para-hydroxylation sites is 1. The van der Waals surface area contributed by atoms with Crippen molar-refractivity contribution in [3.8, 4) is 22.0 Å². The Kier molecular flexibility index (Phi) is 6.64.